The molecule has 0 aliphatic heterocycles. The van der Waals surface area contributed by atoms with Gasteiger partial charge in [0, 0.05) is 25.2 Å². The largest absolute Gasteiger partial charge is 0.342 e. The van der Waals surface area contributed by atoms with Gasteiger partial charge < -0.3 is 4.90 Å². The Kier molecular flexibility index (Phi) is 5.70. The molecule has 0 spiro atoms. The van der Waals surface area contributed by atoms with Crippen LogP contribution in [0.4, 0.5) is 14.8 Å². The van der Waals surface area contributed by atoms with E-state index in [1.165, 1.54) is 11.0 Å². The summed E-state index contributed by atoms with van der Waals surface area (Å²) < 4.78 is 24.7. The van der Waals surface area contributed by atoms with E-state index in [0.29, 0.717) is 19.4 Å². The second kappa shape index (κ2) is 7.60. The van der Waals surface area contributed by atoms with Crippen molar-refractivity contribution in [2.45, 2.75) is 26.7 Å². The summed E-state index contributed by atoms with van der Waals surface area (Å²) in [5.41, 5.74) is -0.218. The Bertz CT molecular complexity index is 766. The fourth-order valence-corrected chi connectivity index (χ4v) is 3.05. The van der Waals surface area contributed by atoms with E-state index in [4.69, 9.17) is 5.26 Å². The number of ketones is 1. The van der Waals surface area contributed by atoms with Crippen LogP contribution in [0.2, 0.25) is 0 Å². The van der Waals surface area contributed by atoms with Crippen molar-refractivity contribution < 1.29 is 18.6 Å². The maximum absolute atomic E-state index is 12.4. The minimum absolute atomic E-state index is 0.0136. The number of Topliss-reactive ketones (excluding diaryl/α,β-unsaturated/α-hetero) is 1. The van der Waals surface area contributed by atoms with Gasteiger partial charge in [-0.1, -0.05) is 28.9 Å². The number of carbonyl (C=O) groups is 2. The molecule has 1 atom stereocenters. The molecule has 0 bridgehead atoms. The molecule has 26 heavy (non-hydrogen) atoms. The van der Waals surface area contributed by atoms with Gasteiger partial charge in [0.05, 0.1) is 11.1 Å². The maximum Gasteiger partial charge on any atom is 0.255 e. The van der Waals surface area contributed by atoms with Crippen molar-refractivity contribution in [3.05, 3.63) is 35.5 Å². The number of allylic oxidation sites excluding steroid dienone is 2. The first-order valence-corrected chi connectivity index (χ1v) is 8.15. The summed E-state index contributed by atoms with van der Waals surface area (Å²) in [5, 5.41) is 8.00. The molecular formula is C18H20F2N4O2. The molecule has 1 heterocycles. The number of hydrogen-bond acceptors (Lipinski definition) is 5. The lowest BCUT2D eigenvalue weighted by molar-refractivity contribution is -0.124. The molecule has 8 heteroatoms. The third kappa shape index (κ3) is 4.23. The summed E-state index contributed by atoms with van der Waals surface area (Å²) in [7, 11) is 1.61. The molecule has 0 fully saturated rings. The standard InChI is InChI=1S/C18H20F2N4O2/c1-18(2)9-12(8-14(10-21)16(18)25)6-7-23(3)17(26)13-4-5-15(22-11-13)24(19)20/h4-5,8,11-12H,6-7,9H2,1-3H3/t12-/m1/s1. The number of rotatable bonds is 5. The van der Waals surface area contributed by atoms with E-state index in [9.17, 15) is 18.6 Å². The predicted octanol–water partition coefficient (Wildman–Crippen LogP) is 3.18. The molecule has 1 aliphatic rings. The number of halogens is 2. The molecule has 0 aromatic carbocycles. The zero-order valence-corrected chi connectivity index (χ0v) is 14.9. The summed E-state index contributed by atoms with van der Waals surface area (Å²) >= 11 is 0. The van der Waals surface area contributed by atoms with E-state index in [1.54, 1.807) is 13.1 Å². The topological polar surface area (TPSA) is 77.3 Å². The van der Waals surface area contributed by atoms with Crippen LogP contribution in [0, 0.1) is 22.7 Å². The van der Waals surface area contributed by atoms with Gasteiger partial charge in [-0.15, -0.1) is 0 Å². The number of nitrogens with zero attached hydrogens (tertiary/aromatic N) is 4. The number of carbonyl (C=O) groups excluding carboxylic acids is 2. The lowest BCUT2D eigenvalue weighted by atomic mass is 9.71. The van der Waals surface area contributed by atoms with Gasteiger partial charge in [-0.2, -0.15) is 5.26 Å². The van der Waals surface area contributed by atoms with E-state index in [0.717, 1.165) is 12.3 Å². The van der Waals surface area contributed by atoms with E-state index in [2.05, 4.69) is 4.98 Å². The van der Waals surface area contributed by atoms with Gasteiger partial charge in [0.15, 0.2) is 11.6 Å². The van der Waals surface area contributed by atoms with Gasteiger partial charge in [0.1, 0.15) is 6.07 Å². The molecule has 1 aliphatic carbocycles. The van der Waals surface area contributed by atoms with E-state index in [1.807, 2.05) is 19.9 Å². The Morgan fingerprint density at radius 3 is 2.65 bits per heavy atom. The molecule has 0 unspecified atom stereocenters. The molecule has 0 saturated heterocycles. The molecule has 2 rings (SSSR count). The van der Waals surface area contributed by atoms with Gasteiger partial charge in [-0.25, -0.2) is 4.98 Å². The van der Waals surface area contributed by atoms with Crippen LogP contribution < -0.4 is 5.34 Å². The maximum atomic E-state index is 12.4. The lowest BCUT2D eigenvalue weighted by Gasteiger charge is -2.32. The van der Waals surface area contributed by atoms with Crippen LogP contribution in [0.25, 0.3) is 0 Å². The Labute approximate surface area is 150 Å². The van der Waals surface area contributed by atoms with Crippen molar-refractivity contribution in [3.63, 3.8) is 0 Å². The first-order valence-electron chi connectivity index (χ1n) is 8.15. The van der Waals surface area contributed by atoms with Crippen molar-refractivity contribution in [2.24, 2.45) is 11.3 Å². The average Bonchev–Trinajstić information content (AvgIpc) is 2.61. The summed E-state index contributed by atoms with van der Waals surface area (Å²) in [4.78, 5) is 29.5. The molecule has 0 N–H and O–H groups in total. The van der Waals surface area contributed by atoms with Gasteiger partial charge in [0.25, 0.3) is 5.91 Å². The molecule has 0 saturated carbocycles. The average molecular weight is 362 g/mol. The smallest absolute Gasteiger partial charge is 0.255 e. The number of aromatic nitrogens is 1. The molecular weight excluding hydrogens is 342 g/mol. The quantitative estimate of drug-likeness (QED) is 0.752. The van der Waals surface area contributed by atoms with Crippen LogP contribution >= 0.6 is 0 Å². The van der Waals surface area contributed by atoms with Gasteiger partial charge in [-0.05, 0) is 36.2 Å². The summed E-state index contributed by atoms with van der Waals surface area (Å²) in [6, 6.07) is 4.31. The number of hydrogen-bond donors (Lipinski definition) is 0. The highest BCUT2D eigenvalue weighted by Crippen LogP contribution is 2.36. The molecule has 1 aromatic heterocycles. The highest BCUT2D eigenvalue weighted by atomic mass is 19.4. The van der Waals surface area contributed by atoms with Crippen molar-refractivity contribution in [1.82, 2.24) is 9.88 Å². The highest BCUT2D eigenvalue weighted by Gasteiger charge is 2.36. The van der Waals surface area contributed by atoms with Gasteiger partial charge >= 0.3 is 0 Å². The molecule has 1 aromatic rings. The number of anilines is 1. The minimum atomic E-state index is -1.12. The van der Waals surface area contributed by atoms with Crippen LogP contribution in [0.1, 0.15) is 37.0 Å². The van der Waals surface area contributed by atoms with E-state index in [-0.39, 0.29) is 28.7 Å². The third-order valence-electron chi connectivity index (χ3n) is 4.50. The second-order valence-electron chi connectivity index (χ2n) is 7.02. The second-order valence-corrected chi connectivity index (χ2v) is 7.02. The third-order valence-corrected chi connectivity index (χ3v) is 4.50. The fourth-order valence-electron chi connectivity index (χ4n) is 3.05. The Balaban J connectivity index is 2.00. The molecule has 1 amide bonds. The van der Waals surface area contributed by atoms with Crippen molar-refractivity contribution >= 4 is 17.5 Å². The SMILES string of the molecule is CN(CC[C@@H]1C=C(C#N)C(=O)C(C)(C)C1)C(=O)c1ccc(N(F)F)nc1. The lowest BCUT2D eigenvalue weighted by Crippen LogP contribution is -2.34. The number of amides is 1. The molecule has 138 valence electrons. The van der Waals surface area contributed by atoms with Crippen molar-refractivity contribution in [2.75, 3.05) is 18.9 Å². The summed E-state index contributed by atoms with van der Waals surface area (Å²) in [6.45, 7) is 4.03. The van der Waals surface area contributed by atoms with Crippen LogP contribution in [-0.2, 0) is 4.79 Å². The number of nitriles is 1. The Morgan fingerprint density at radius 2 is 2.12 bits per heavy atom. The monoisotopic (exact) mass is 362 g/mol. The fraction of sp³-hybridized carbons (Fsp3) is 0.444. The van der Waals surface area contributed by atoms with Crippen LogP contribution in [-0.4, -0.2) is 35.2 Å². The zero-order valence-electron chi connectivity index (χ0n) is 14.9. The van der Waals surface area contributed by atoms with Crippen LogP contribution in [0.5, 0.6) is 0 Å². The Morgan fingerprint density at radius 1 is 1.42 bits per heavy atom. The minimum Gasteiger partial charge on any atom is -0.342 e. The highest BCUT2D eigenvalue weighted by molar-refractivity contribution is 6.03. The molecule has 0 radical (unpaired) electrons. The predicted molar refractivity (Wildman–Crippen MR) is 91.1 cm³/mol. The number of pyridine rings is 1. The van der Waals surface area contributed by atoms with E-state index < -0.39 is 16.6 Å². The molecule has 6 nitrogen and oxygen atoms in total. The Hall–Kier alpha value is -2.82. The summed E-state index contributed by atoms with van der Waals surface area (Å²) in [5.74, 6) is -1.00. The van der Waals surface area contributed by atoms with E-state index >= 15 is 0 Å². The summed E-state index contributed by atoms with van der Waals surface area (Å²) in [6.07, 6.45) is 3.99. The van der Waals surface area contributed by atoms with Gasteiger partial charge in [0.2, 0.25) is 0 Å². The normalized spacial score (nSPS) is 18.7. The zero-order chi connectivity index (χ0) is 19.5. The first kappa shape index (κ1) is 19.5. The van der Waals surface area contributed by atoms with Crippen LogP contribution in [0.15, 0.2) is 30.0 Å². The van der Waals surface area contributed by atoms with Crippen molar-refractivity contribution in [1.29, 1.82) is 5.26 Å². The first-order chi connectivity index (χ1) is 12.2. The van der Waals surface area contributed by atoms with Gasteiger partial charge in [-0.3, -0.25) is 9.59 Å². The van der Waals surface area contributed by atoms with Crippen LogP contribution in [0.3, 0.4) is 0 Å². The van der Waals surface area contributed by atoms with Crippen molar-refractivity contribution in [3.8, 4) is 6.07 Å².